The number of benzene rings is 3. The summed E-state index contributed by atoms with van der Waals surface area (Å²) in [5.74, 6) is 0.185. The van der Waals surface area contributed by atoms with Gasteiger partial charge in [-0.1, -0.05) is 79.8 Å². The molecule has 0 saturated heterocycles. The molecule has 0 amide bonds. The molecule has 1 heterocycles. The molecule has 5 rings (SSSR count). The summed E-state index contributed by atoms with van der Waals surface area (Å²) in [5, 5.41) is 5.11. The summed E-state index contributed by atoms with van der Waals surface area (Å²) in [4.78, 5) is 4.72. The van der Waals surface area contributed by atoms with E-state index in [1.54, 1.807) is 0 Å². The van der Waals surface area contributed by atoms with Crippen LogP contribution in [0, 0.1) is 0 Å². The molecular weight excluding hydrogens is 366 g/mol. The molecule has 1 nitrogen and oxygen atoms in total. The molecule has 1 unspecified atom stereocenters. The van der Waals surface area contributed by atoms with Gasteiger partial charge >= 0.3 is 0 Å². The zero-order chi connectivity index (χ0) is 18.6. The van der Waals surface area contributed by atoms with Crippen molar-refractivity contribution in [3.63, 3.8) is 0 Å². The fourth-order valence-corrected chi connectivity index (χ4v) is 6.26. The van der Waals surface area contributed by atoms with E-state index in [9.17, 15) is 0 Å². The van der Waals surface area contributed by atoms with E-state index in [1.165, 1.54) is 38.0 Å². The van der Waals surface area contributed by atoms with Crippen LogP contribution in [-0.2, 0) is 0 Å². The third-order valence-electron chi connectivity index (χ3n) is 5.54. The lowest BCUT2D eigenvalue weighted by Crippen LogP contribution is -2.18. The van der Waals surface area contributed by atoms with Crippen LogP contribution in [0.4, 0.5) is 0 Å². The Morgan fingerprint density at radius 1 is 0.852 bits per heavy atom. The van der Waals surface area contributed by atoms with Crippen LogP contribution in [-0.4, -0.2) is 12.4 Å². The van der Waals surface area contributed by atoms with Crippen molar-refractivity contribution in [2.75, 3.05) is 0 Å². The van der Waals surface area contributed by atoms with Gasteiger partial charge in [-0.05, 0) is 38.7 Å². The van der Waals surface area contributed by atoms with Crippen molar-refractivity contribution in [2.45, 2.75) is 19.0 Å². The third kappa shape index (κ3) is 2.63. The first-order valence-corrected chi connectivity index (χ1v) is 13.3. The maximum absolute atomic E-state index is 6.94. The highest BCUT2D eigenvalue weighted by molar-refractivity contribution is 7.29. The predicted octanol–water partition coefficient (Wildman–Crippen LogP) is 6.90. The second-order valence-corrected chi connectivity index (χ2v) is 14.0. The summed E-state index contributed by atoms with van der Waals surface area (Å²) in [5.41, 5.74) is 5.03. The molecular formula is C24H20ClNSi. The minimum Gasteiger partial charge on any atom is -0.256 e. The number of para-hydroxylation sites is 1. The number of allylic oxidation sites excluding steroid dienone is 1. The lowest BCUT2D eigenvalue weighted by atomic mass is 9.88. The van der Waals surface area contributed by atoms with Crippen LogP contribution in [0.25, 0.3) is 26.9 Å². The maximum Gasteiger partial charge on any atom is 0.181 e. The van der Waals surface area contributed by atoms with Crippen molar-refractivity contribution in [3.8, 4) is 0 Å². The first-order valence-electron chi connectivity index (χ1n) is 9.31. The zero-order valence-electron chi connectivity index (χ0n) is 15.4. The van der Waals surface area contributed by atoms with Crippen LogP contribution in [0.15, 0.2) is 79.0 Å². The highest BCUT2D eigenvalue weighted by Crippen LogP contribution is 2.48. The van der Waals surface area contributed by atoms with Crippen molar-refractivity contribution in [1.29, 1.82) is 0 Å². The van der Waals surface area contributed by atoms with Gasteiger partial charge in [-0.25, -0.2) is 0 Å². The Hall–Kier alpha value is -2.42. The number of rotatable bonds is 2. The summed E-state index contributed by atoms with van der Waals surface area (Å²) in [6.07, 6.45) is 4.29. The lowest BCUT2D eigenvalue weighted by Gasteiger charge is -2.18. The monoisotopic (exact) mass is 385 g/mol. The van der Waals surface area contributed by atoms with Crippen molar-refractivity contribution in [2.24, 2.45) is 0 Å². The second-order valence-electron chi connectivity index (χ2n) is 7.70. The standard InChI is InChI=1S/C24H20ClNSi/c1-27(2,25)22-15-21(19-11-5-8-17-9-6-14-26-24(17)19)23-18-10-4-3-7-16(18)12-13-20(22)23/h3-15,21H,1-2H3. The molecule has 132 valence electrons. The molecule has 0 saturated carbocycles. The van der Waals surface area contributed by atoms with Gasteiger partial charge in [0.1, 0.15) is 0 Å². The fourth-order valence-electron chi connectivity index (χ4n) is 4.35. The van der Waals surface area contributed by atoms with Gasteiger partial charge in [0.05, 0.1) is 5.52 Å². The predicted molar refractivity (Wildman–Crippen MR) is 119 cm³/mol. The molecule has 1 aromatic heterocycles. The first-order chi connectivity index (χ1) is 13.0. The Bertz CT molecular complexity index is 1210. The van der Waals surface area contributed by atoms with Gasteiger partial charge in [0.2, 0.25) is 0 Å². The largest absolute Gasteiger partial charge is 0.256 e. The average molecular weight is 386 g/mol. The van der Waals surface area contributed by atoms with E-state index in [0.29, 0.717) is 0 Å². The Labute approximate surface area is 165 Å². The SMILES string of the molecule is C[Si](C)(Cl)C1=CC(c2cccc3cccnc23)c2c1ccc1ccccc21. The molecule has 3 heteroatoms. The van der Waals surface area contributed by atoms with Gasteiger partial charge < -0.3 is 0 Å². The van der Waals surface area contributed by atoms with E-state index in [4.69, 9.17) is 16.1 Å². The summed E-state index contributed by atoms with van der Waals surface area (Å²) in [6, 6.07) is 23.8. The highest BCUT2D eigenvalue weighted by Gasteiger charge is 2.35. The molecule has 4 aromatic rings. The second kappa shape index (κ2) is 6.05. The lowest BCUT2D eigenvalue weighted by molar-refractivity contribution is 1.07. The van der Waals surface area contributed by atoms with Crippen LogP contribution in [0.2, 0.25) is 13.1 Å². The number of hydrogen-bond acceptors (Lipinski definition) is 1. The first kappa shape index (κ1) is 16.7. The normalized spacial score (nSPS) is 16.6. The molecule has 0 spiro atoms. The molecule has 1 atom stereocenters. The molecule has 0 N–H and O–H groups in total. The van der Waals surface area contributed by atoms with Crippen molar-refractivity contribution < 1.29 is 0 Å². The van der Waals surface area contributed by atoms with Gasteiger partial charge in [-0.3, -0.25) is 4.98 Å². The van der Waals surface area contributed by atoms with Crippen LogP contribution in [0.3, 0.4) is 0 Å². The van der Waals surface area contributed by atoms with Gasteiger partial charge in [-0.15, -0.1) is 0 Å². The van der Waals surface area contributed by atoms with Crippen LogP contribution in [0.5, 0.6) is 0 Å². The molecule has 27 heavy (non-hydrogen) atoms. The molecule has 0 radical (unpaired) electrons. The summed E-state index contributed by atoms with van der Waals surface area (Å²) < 4.78 is 0. The minimum atomic E-state index is -1.99. The Morgan fingerprint density at radius 3 is 2.48 bits per heavy atom. The van der Waals surface area contributed by atoms with E-state index in [0.717, 1.165) is 5.52 Å². The summed E-state index contributed by atoms with van der Waals surface area (Å²) in [6.45, 7) is 4.42. The molecule has 0 bridgehead atoms. The van der Waals surface area contributed by atoms with E-state index in [2.05, 4.69) is 79.8 Å². The van der Waals surface area contributed by atoms with Crippen LogP contribution >= 0.6 is 11.1 Å². The molecule has 1 aliphatic carbocycles. The molecule has 3 aromatic carbocycles. The Balaban J connectivity index is 1.86. The zero-order valence-corrected chi connectivity index (χ0v) is 17.2. The number of fused-ring (bicyclic) bond motifs is 4. The van der Waals surface area contributed by atoms with E-state index in [1.807, 2.05) is 12.3 Å². The molecule has 1 aliphatic rings. The number of halogens is 1. The smallest absolute Gasteiger partial charge is 0.181 e. The Kier molecular flexibility index (Phi) is 3.75. The fraction of sp³-hybridized carbons (Fsp3) is 0.125. The summed E-state index contributed by atoms with van der Waals surface area (Å²) in [7, 11) is -1.99. The van der Waals surface area contributed by atoms with E-state index < -0.39 is 7.38 Å². The molecule has 0 aliphatic heterocycles. The van der Waals surface area contributed by atoms with Crippen molar-refractivity contribution >= 4 is 45.3 Å². The van der Waals surface area contributed by atoms with Crippen LogP contribution < -0.4 is 0 Å². The topological polar surface area (TPSA) is 12.9 Å². The quantitative estimate of drug-likeness (QED) is 0.270. The summed E-state index contributed by atoms with van der Waals surface area (Å²) >= 11 is 6.94. The third-order valence-corrected chi connectivity index (χ3v) is 7.87. The van der Waals surface area contributed by atoms with E-state index in [-0.39, 0.29) is 5.92 Å². The van der Waals surface area contributed by atoms with Gasteiger partial charge in [0, 0.05) is 17.5 Å². The number of aromatic nitrogens is 1. The number of hydrogen-bond donors (Lipinski definition) is 0. The average Bonchev–Trinajstić information content (AvgIpc) is 3.08. The number of nitrogens with zero attached hydrogens (tertiary/aromatic N) is 1. The van der Waals surface area contributed by atoms with Gasteiger partial charge in [-0.2, -0.15) is 11.1 Å². The van der Waals surface area contributed by atoms with Crippen molar-refractivity contribution in [3.05, 3.63) is 95.7 Å². The van der Waals surface area contributed by atoms with Gasteiger partial charge in [0.15, 0.2) is 7.38 Å². The Morgan fingerprint density at radius 2 is 1.63 bits per heavy atom. The highest BCUT2D eigenvalue weighted by atomic mass is 35.6. The molecule has 0 fully saturated rings. The van der Waals surface area contributed by atoms with Crippen LogP contribution in [0.1, 0.15) is 22.6 Å². The van der Waals surface area contributed by atoms with E-state index >= 15 is 0 Å². The number of pyridine rings is 1. The van der Waals surface area contributed by atoms with Gasteiger partial charge in [0.25, 0.3) is 0 Å². The maximum atomic E-state index is 6.94. The van der Waals surface area contributed by atoms with Crippen molar-refractivity contribution in [1.82, 2.24) is 4.98 Å². The minimum absolute atomic E-state index is 0.185.